The van der Waals surface area contributed by atoms with Gasteiger partial charge in [0, 0.05) is 17.6 Å². The topological polar surface area (TPSA) is 0 Å². The predicted octanol–water partition coefficient (Wildman–Crippen LogP) is 10.6. The van der Waals surface area contributed by atoms with Crippen molar-refractivity contribution in [2.24, 2.45) is 5.92 Å². The molecule has 0 aliphatic heterocycles. The number of aryl methyl sites for hydroxylation is 1. The minimum Gasteiger partial charge on any atom is -0.208 e. The monoisotopic (exact) mass is 496 g/mol. The highest BCUT2D eigenvalue weighted by atomic mass is 19.2. The number of halogens is 4. The van der Waals surface area contributed by atoms with Crippen LogP contribution in [0.1, 0.15) is 76.3 Å². The second-order valence-electron chi connectivity index (χ2n) is 9.74. The van der Waals surface area contributed by atoms with E-state index < -0.39 is 23.3 Å². The number of hydrogen-bond acceptors (Lipinski definition) is 0. The molecule has 4 heteroatoms. The van der Waals surface area contributed by atoms with Crippen molar-refractivity contribution in [3.8, 4) is 11.1 Å². The number of hydrogen-bond donors (Lipinski definition) is 0. The minimum atomic E-state index is -0.924. The van der Waals surface area contributed by atoms with Crippen molar-refractivity contribution in [3.05, 3.63) is 101 Å². The van der Waals surface area contributed by atoms with E-state index in [0.717, 1.165) is 50.5 Å². The van der Waals surface area contributed by atoms with Crippen molar-refractivity contribution >= 4 is 5.57 Å². The average Bonchev–Trinajstić information content (AvgIpc) is 2.89. The first-order chi connectivity index (χ1) is 17.3. The molecule has 0 fully saturated rings. The Labute approximate surface area is 213 Å². The van der Waals surface area contributed by atoms with Crippen LogP contribution in [-0.2, 0) is 6.42 Å². The van der Waals surface area contributed by atoms with Crippen LogP contribution in [0.3, 0.4) is 0 Å². The first-order valence-corrected chi connectivity index (χ1v) is 13.0. The van der Waals surface area contributed by atoms with Crippen LogP contribution in [-0.4, -0.2) is 0 Å². The molecule has 36 heavy (non-hydrogen) atoms. The van der Waals surface area contributed by atoms with Gasteiger partial charge in [-0.1, -0.05) is 99.9 Å². The fourth-order valence-electron chi connectivity index (χ4n) is 4.59. The quantitative estimate of drug-likeness (QED) is 0.126. The summed E-state index contributed by atoms with van der Waals surface area (Å²) in [6.45, 7) is 7.88. The lowest BCUT2D eigenvalue weighted by atomic mass is 9.89. The van der Waals surface area contributed by atoms with Gasteiger partial charge in [0.2, 0.25) is 0 Å². The van der Waals surface area contributed by atoms with Gasteiger partial charge in [-0.3, -0.25) is 0 Å². The second-order valence-corrected chi connectivity index (χ2v) is 9.74. The van der Waals surface area contributed by atoms with Gasteiger partial charge in [0.25, 0.3) is 0 Å². The maximum absolute atomic E-state index is 15.2. The Kier molecular flexibility index (Phi) is 10.3. The standard InChI is InChI=1S/C32H36F4/c1-4-6-7-8-10-26-19-20-28(32(36)30(26)34)25-17-15-24(16-18-25)27(9-5-2)31(35)29(33)21-23-13-11-22(3)12-14-23/h5,9,13,15-20,22H,2,4,6-8,10-12,14,21H2,1,3H3/b27-9-,31-29-. The molecular formula is C32H36F4. The molecule has 1 aliphatic rings. The summed E-state index contributed by atoms with van der Waals surface area (Å²) in [4.78, 5) is 0. The smallest absolute Gasteiger partial charge is 0.166 e. The maximum Gasteiger partial charge on any atom is 0.166 e. The predicted molar refractivity (Wildman–Crippen MR) is 143 cm³/mol. The zero-order chi connectivity index (χ0) is 26.1. The maximum atomic E-state index is 15.2. The lowest BCUT2D eigenvalue weighted by Crippen LogP contribution is -2.02. The van der Waals surface area contributed by atoms with Gasteiger partial charge in [-0.05, 0) is 54.7 Å². The lowest BCUT2D eigenvalue weighted by Gasteiger charge is -2.18. The molecule has 1 unspecified atom stereocenters. The Hall–Kier alpha value is -2.88. The second kappa shape index (κ2) is 13.4. The van der Waals surface area contributed by atoms with Crippen LogP contribution in [0.2, 0.25) is 0 Å². The van der Waals surface area contributed by atoms with Crippen molar-refractivity contribution in [1.82, 2.24) is 0 Å². The van der Waals surface area contributed by atoms with Crippen molar-refractivity contribution in [2.75, 3.05) is 0 Å². The number of rotatable bonds is 11. The van der Waals surface area contributed by atoms with Gasteiger partial charge in [0.05, 0.1) is 0 Å². The zero-order valence-electron chi connectivity index (χ0n) is 21.4. The molecule has 0 saturated heterocycles. The van der Waals surface area contributed by atoms with Crippen LogP contribution in [0.15, 0.2) is 78.4 Å². The number of allylic oxidation sites excluding steroid dienone is 7. The third-order valence-corrected chi connectivity index (χ3v) is 6.88. The zero-order valence-corrected chi connectivity index (χ0v) is 21.4. The molecule has 192 valence electrons. The summed E-state index contributed by atoms with van der Waals surface area (Å²) in [6.07, 6.45) is 11.9. The molecule has 0 aromatic heterocycles. The van der Waals surface area contributed by atoms with Crippen molar-refractivity contribution in [3.63, 3.8) is 0 Å². The first-order valence-electron chi connectivity index (χ1n) is 13.0. The normalized spacial score (nSPS) is 17.0. The molecule has 0 spiro atoms. The molecule has 1 aliphatic carbocycles. The average molecular weight is 497 g/mol. The third kappa shape index (κ3) is 7.09. The number of benzene rings is 2. The molecule has 2 aromatic rings. The van der Waals surface area contributed by atoms with Gasteiger partial charge in [-0.25, -0.2) is 17.6 Å². The summed E-state index contributed by atoms with van der Waals surface area (Å²) in [6, 6.07) is 9.60. The van der Waals surface area contributed by atoms with Crippen molar-refractivity contribution in [2.45, 2.75) is 71.6 Å². The Balaban J connectivity index is 1.80. The molecule has 3 rings (SSSR count). The Bertz CT molecular complexity index is 1140. The number of unbranched alkanes of at least 4 members (excludes halogenated alkanes) is 3. The molecule has 0 saturated carbocycles. The van der Waals surface area contributed by atoms with E-state index in [-0.39, 0.29) is 17.6 Å². The molecule has 0 nitrogen and oxygen atoms in total. The highest BCUT2D eigenvalue weighted by Gasteiger charge is 2.19. The largest absolute Gasteiger partial charge is 0.208 e. The van der Waals surface area contributed by atoms with Crippen molar-refractivity contribution in [1.29, 1.82) is 0 Å². The van der Waals surface area contributed by atoms with E-state index in [9.17, 15) is 13.2 Å². The highest BCUT2D eigenvalue weighted by molar-refractivity contribution is 5.80. The third-order valence-electron chi connectivity index (χ3n) is 6.88. The molecule has 0 radical (unpaired) electrons. The van der Waals surface area contributed by atoms with Crippen molar-refractivity contribution < 1.29 is 17.6 Å². The van der Waals surface area contributed by atoms with Gasteiger partial charge in [0.1, 0.15) is 5.83 Å². The van der Waals surface area contributed by atoms with E-state index in [2.05, 4.69) is 20.4 Å². The first kappa shape index (κ1) is 27.7. The van der Waals surface area contributed by atoms with Crippen LogP contribution in [0.25, 0.3) is 16.7 Å². The van der Waals surface area contributed by atoms with Crippen LogP contribution in [0.4, 0.5) is 17.6 Å². The summed E-state index contributed by atoms with van der Waals surface area (Å²) >= 11 is 0. The summed E-state index contributed by atoms with van der Waals surface area (Å²) < 4.78 is 59.5. The van der Waals surface area contributed by atoms with Gasteiger partial charge in [-0.15, -0.1) is 0 Å². The summed E-state index contributed by atoms with van der Waals surface area (Å²) in [5.41, 5.74) is 2.42. The minimum absolute atomic E-state index is 0.0413. The molecule has 1 atom stereocenters. The van der Waals surface area contributed by atoms with E-state index in [0.29, 0.717) is 29.0 Å². The molecule has 0 N–H and O–H groups in total. The SMILES string of the molecule is C=C/C=C(\C(F)=C(\F)CC1=CCC(C)CC1)c1ccc(-c2ccc(CCCCCC)c(F)c2F)cc1. The van der Waals surface area contributed by atoms with E-state index in [1.54, 1.807) is 36.4 Å². The molecule has 2 aromatic carbocycles. The summed E-state index contributed by atoms with van der Waals surface area (Å²) in [7, 11) is 0. The van der Waals surface area contributed by atoms with Gasteiger partial charge in [0.15, 0.2) is 17.5 Å². The van der Waals surface area contributed by atoms with Gasteiger partial charge >= 0.3 is 0 Å². The Morgan fingerprint density at radius 1 is 1.00 bits per heavy atom. The van der Waals surface area contributed by atoms with E-state index in [1.165, 1.54) is 12.2 Å². The Morgan fingerprint density at radius 2 is 1.75 bits per heavy atom. The van der Waals surface area contributed by atoms with E-state index in [1.807, 2.05) is 6.08 Å². The van der Waals surface area contributed by atoms with E-state index >= 15 is 4.39 Å². The van der Waals surface area contributed by atoms with Crippen LogP contribution in [0, 0.1) is 17.6 Å². The Morgan fingerprint density at radius 3 is 2.39 bits per heavy atom. The summed E-state index contributed by atoms with van der Waals surface area (Å²) in [5.74, 6) is -2.87. The fraction of sp³-hybridized carbons (Fsp3) is 0.375. The highest BCUT2D eigenvalue weighted by Crippen LogP contribution is 2.35. The van der Waals surface area contributed by atoms with Gasteiger partial charge < -0.3 is 0 Å². The molecule has 0 heterocycles. The van der Waals surface area contributed by atoms with Gasteiger partial charge in [-0.2, -0.15) is 0 Å². The lowest BCUT2D eigenvalue weighted by molar-refractivity contribution is 0.490. The molecular weight excluding hydrogens is 460 g/mol. The van der Waals surface area contributed by atoms with E-state index in [4.69, 9.17) is 0 Å². The van der Waals surface area contributed by atoms with Crippen LogP contribution >= 0.6 is 0 Å². The molecule has 0 bridgehead atoms. The van der Waals surface area contributed by atoms with Crippen LogP contribution < -0.4 is 0 Å². The fourth-order valence-corrected chi connectivity index (χ4v) is 4.59. The summed E-state index contributed by atoms with van der Waals surface area (Å²) in [5, 5.41) is 0. The molecule has 0 amide bonds. The van der Waals surface area contributed by atoms with Crippen LogP contribution in [0.5, 0.6) is 0 Å².